The molecule has 140 valence electrons. The van der Waals surface area contributed by atoms with Crippen molar-refractivity contribution in [1.82, 2.24) is 0 Å². The second-order valence-corrected chi connectivity index (χ2v) is 10.2. The van der Waals surface area contributed by atoms with Gasteiger partial charge < -0.3 is 0 Å². The molecular weight excluding hydrogens is 304 g/mol. The predicted molar refractivity (Wildman–Crippen MR) is 104 cm³/mol. The van der Waals surface area contributed by atoms with E-state index in [4.69, 9.17) is 0 Å². The average Bonchev–Trinajstić information content (AvgIpc) is 2.90. The number of hydrogen-bond donors (Lipinski definition) is 0. The molecule has 0 unspecified atom stereocenters. The SMILES string of the molecule is CCCCC[C@H]1C[C@@H]2[C@H](CC[C@]3(C)C(=O)CC[C@@H]23)[C@@]2(C)CCCC=C12. The maximum Gasteiger partial charge on any atom is 0.139 e. The van der Waals surface area contributed by atoms with Gasteiger partial charge in [-0.15, -0.1) is 0 Å². The van der Waals surface area contributed by atoms with Crippen LogP contribution in [0.3, 0.4) is 0 Å². The summed E-state index contributed by atoms with van der Waals surface area (Å²) in [4.78, 5) is 12.6. The van der Waals surface area contributed by atoms with Gasteiger partial charge in [0.25, 0.3) is 0 Å². The molecule has 0 aromatic heterocycles. The van der Waals surface area contributed by atoms with Gasteiger partial charge in [0.1, 0.15) is 5.78 Å². The number of Topliss-reactive ketones (excluding diaryl/α,β-unsaturated/α-hetero) is 1. The minimum Gasteiger partial charge on any atom is -0.299 e. The fourth-order valence-electron chi connectivity index (χ4n) is 7.68. The van der Waals surface area contributed by atoms with Crippen molar-refractivity contribution in [3.8, 4) is 0 Å². The highest BCUT2D eigenvalue weighted by Crippen LogP contribution is 2.66. The lowest BCUT2D eigenvalue weighted by Crippen LogP contribution is -2.52. The molecule has 25 heavy (non-hydrogen) atoms. The second kappa shape index (κ2) is 6.54. The molecule has 4 aliphatic rings. The van der Waals surface area contributed by atoms with Crippen LogP contribution in [0, 0.1) is 34.5 Å². The zero-order valence-electron chi connectivity index (χ0n) is 16.8. The summed E-state index contributed by atoms with van der Waals surface area (Å²) in [6.45, 7) is 7.25. The first kappa shape index (κ1) is 17.8. The van der Waals surface area contributed by atoms with Crippen LogP contribution >= 0.6 is 0 Å². The molecule has 0 saturated heterocycles. The Morgan fingerprint density at radius 3 is 2.68 bits per heavy atom. The number of rotatable bonds is 4. The number of carbonyl (C=O) groups excluding carboxylic acids is 1. The lowest BCUT2D eigenvalue weighted by Gasteiger charge is -2.59. The molecule has 4 aliphatic carbocycles. The van der Waals surface area contributed by atoms with Gasteiger partial charge in [-0.1, -0.05) is 51.7 Å². The first-order chi connectivity index (χ1) is 12.0. The number of unbranched alkanes of at least 4 members (excludes halogenated alkanes) is 2. The molecule has 0 aliphatic heterocycles. The van der Waals surface area contributed by atoms with Gasteiger partial charge in [0.2, 0.25) is 0 Å². The van der Waals surface area contributed by atoms with Crippen molar-refractivity contribution in [1.29, 1.82) is 0 Å². The average molecular weight is 343 g/mol. The second-order valence-electron chi connectivity index (χ2n) is 10.2. The van der Waals surface area contributed by atoms with Crippen LogP contribution in [0.25, 0.3) is 0 Å². The fourth-order valence-corrected chi connectivity index (χ4v) is 7.68. The van der Waals surface area contributed by atoms with E-state index in [-0.39, 0.29) is 5.41 Å². The quantitative estimate of drug-likeness (QED) is 0.409. The predicted octanol–water partition coefficient (Wildman–Crippen LogP) is 6.71. The Kier molecular flexibility index (Phi) is 4.66. The van der Waals surface area contributed by atoms with Crippen LogP contribution in [0.4, 0.5) is 0 Å². The van der Waals surface area contributed by atoms with Crippen LogP contribution in [0.5, 0.6) is 0 Å². The lowest BCUT2D eigenvalue weighted by molar-refractivity contribution is -0.133. The van der Waals surface area contributed by atoms with Crippen LogP contribution in [-0.4, -0.2) is 5.78 Å². The number of fused-ring (bicyclic) bond motifs is 5. The van der Waals surface area contributed by atoms with E-state index in [2.05, 4.69) is 26.8 Å². The molecule has 4 rings (SSSR count). The van der Waals surface area contributed by atoms with Crippen LogP contribution in [0.1, 0.15) is 97.8 Å². The third kappa shape index (κ3) is 2.67. The zero-order chi connectivity index (χ0) is 17.7. The van der Waals surface area contributed by atoms with Gasteiger partial charge in [-0.25, -0.2) is 0 Å². The molecule has 0 radical (unpaired) electrons. The van der Waals surface area contributed by atoms with E-state index in [1.807, 2.05) is 5.57 Å². The first-order valence-corrected chi connectivity index (χ1v) is 11.2. The molecular formula is C24H38O. The van der Waals surface area contributed by atoms with Gasteiger partial charge >= 0.3 is 0 Å². The van der Waals surface area contributed by atoms with Crippen molar-refractivity contribution in [3.05, 3.63) is 11.6 Å². The summed E-state index contributed by atoms with van der Waals surface area (Å²) in [6, 6.07) is 0. The topological polar surface area (TPSA) is 17.1 Å². The lowest BCUT2D eigenvalue weighted by atomic mass is 9.45. The van der Waals surface area contributed by atoms with E-state index in [0.717, 1.165) is 24.2 Å². The summed E-state index contributed by atoms with van der Waals surface area (Å²) in [5, 5.41) is 0. The summed E-state index contributed by atoms with van der Waals surface area (Å²) in [5.41, 5.74) is 2.33. The monoisotopic (exact) mass is 342 g/mol. The maximum absolute atomic E-state index is 12.6. The summed E-state index contributed by atoms with van der Waals surface area (Å²) in [6.07, 6.45) is 18.2. The Morgan fingerprint density at radius 1 is 1.08 bits per heavy atom. The van der Waals surface area contributed by atoms with Crippen LogP contribution in [0.15, 0.2) is 11.6 Å². The molecule has 1 nitrogen and oxygen atoms in total. The normalized spacial score (nSPS) is 46.2. The van der Waals surface area contributed by atoms with Crippen molar-refractivity contribution < 1.29 is 4.79 Å². The molecule has 0 bridgehead atoms. The molecule has 0 heterocycles. The molecule has 0 N–H and O–H groups in total. The first-order valence-electron chi connectivity index (χ1n) is 11.2. The van der Waals surface area contributed by atoms with E-state index < -0.39 is 0 Å². The molecule has 0 aromatic carbocycles. The number of hydrogen-bond acceptors (Lipinski definition) is 1. The molecule has 0 spiro atoms. The standard InChI is InChI=1S/C24H38O/c1-4-5-6-9-17-16-18-20-11-12-22(25)24(20,3)15-13-21(18)23(2)14-8-7-10-19(17)23/h10,17-18,20-21H,4-9,11-16H2,1-3H3/t17-,18-,20-,21-,23-,24-/m0/s1. The summed E-state index contributed by atoms with van der Waals surface area (Å²) in [7, 11) is 0. The van der Waals surface area contributed by atoms with E-state index >= 15 is 0 Å². The molecule has 0 amide bonds. The Morgan fingerprint density at radius 2 is 1.88 bits per heavy atom. The minimum absolute atomic E-state index is 0.0291. The van der Waals surface area contributed by atoms with Gasteiger partial charge in [0, 0.05) is 11.8 Å². The molecule has 0 aromatic rings. The van der Waals surface area contributed by atoms with Gasteiger partial charge in [0.15, 0.2) is 0 Å². The van der Waals surface area contributed by atoms with E-state index in [0.29, 0.717) is 17.1 Å². The maximum atomic E-state index is 12.6. The largest absolute Gasteiger partial charge is 0.299 e. The molecule has 6 atom stereocenters. The Hall–Kier alpha value is -0.590. The Labute approximate surface area is 155 Å². The van der Waals surface area contributed by atoms with Crippen LogP contribution < -0.4 is 0 Å². The van der Waals surface area contributed by atoms with Crippen molar-refractivity contribution >= 4 is 5.78 Å². The van der Waals surface area contributed by atoms with Crippen molar-refractivity contribution in [3.63, 3.8) is 0 Å². The van der Waals surface area contributed by atoms with Crippen molar-refractivity contribution in [2.45, 2.75) is 97.8 Å². The third-order valence-corrected chi connectivity index (χ3v) is 9.04. The van der Waals surface area contributed by atoms with Crippen molar-refractivity contribution in [2.24, 2.45) is 34.5 Å². The highest BCUT2D eigenvalue weighted by Gasteiger charge is 2.59. The number of carbonyl (C=O) groups is 1. The zero-order valence-corrected chi connectivity index (χ0v) is 16.8. The Balaban J connectivity index is 1.65. The van der Waals surface area contributed by atoms with Crippen LogP contribution in [0.2, 0.25) is 0 Å². The highest BCUT2D eigenvalue weighted by atomic mass is 16.1. The molecule has 3 saturated carbocycles. The number of allylic oxidation sites excluding steroid dienone is 2. The fraction of sp³-hybridized carbons (Fsp3) is 0.875. The minimum atomic E-state index is 0.0291. The van der Waals surface area contributed by atoms with Crippen LogP contribution in [-0.2, 0) is 4.79 Å². The highest BCUT2D eigenvalue weighted by molar-refractivity contribution is 5.87. The summed E-state index contributed by atoms with van der Waals surface area (Å²) in [5.74, 6) is 3.76. The van der Waals surface area contributed by atoms with Gasteiger partial charge in [-0.2, -0.15) is 0 Å². The third-order valence-electron chi connectivity index (χ3n) is 9.04. The number of ketones is 1. The Bertz CT molecular complexity index is 560. The van der Waals surface area contributed by atoms with E-state index in [1.54, 1.807) is 0 Å². The van der Waals surface area contributed by atoms with E-state index in [1.165, 1.54) is 70.6 Å². The van der Waals surface area contributed by atoms with Gasteiger partial charge in [-0.3, -0.25) is 4.79 Å². The summed E-state index contributed by atoms with van der Waals surface area (Å²) >= 11 is 0. The van der Waals surface area contributed by atoms with Gasteiger partial charge in [-0.05, 0) is 80.5 Å². The van der Waals surface area contributed by atoms with Gasteiger partial charge in [0.05, 0.1) is 0 Å². The molecule has 3 fully saturated rings. The summed E-state index contributed by atoms with van der Waals surface area (Å²) < 4.78 is 0. The van der Waals surface area contributed by atoms with E-state index in [9.17, 15) is 4.79 Å². The van der Waals surface area contributed by atoms with Crippen molar-refractivity contribution in [2.75, 3.05) is 0 Å². The smallest absolute Gasteiger partial charge is 0.139 e. The molecule has 1 heteroatoms.